The van der Waals surface area contributed by atoms with Crippen molar-refractivity contribution in [1.29, 1.82) is 0 Å². The number of carbonyl (C=O) groups is 3. The van der Waals surface area contributed by atoms with Crippen molar-refractivity contribution in [3.63, 3.8) is 0 Å². The summed E-state index contributed by atoms with van der Waals surface area (Å²) in [5.41, 5.74) is 1.01. The molecule has 0 atom stereocenters. The van der Waals surface area contributed by atoms with Crippen molar-refractivity contribution in [2.24, 2.45) is 0 Å². The van der Waals surface area contributed by atoms with Crippen LogP contribution in [0.2, 0.25) is 0 Å². The van der Waals surface area contributed by atoms with Gasteiger partial charge >= 0.3 is 5.97 Å². The van der Waals surface area contributed by atoms with Crippen molar-refractivity contribution in [1.82, 2.24) is 0 Å². The van der Waals surface area contributed by atoms with Crippen LogP contribution in [0.3, 0.4) is 0 Å². The number of amides is 2. The number of carboxylic acids is 1. The van der Waals surface area contributed by atoms with Crippen LogP contribution in [0.15, 0.2) is 17.5 Å². The van der Waals surface area contributed by atoms with Crippen LogP contribution in [-0.2, 0) is 4.79 Å². The highest BCUT2D eigenvalue weighted by Gasteiger charge is 2.19. The van der Waals surface area contributed by atoms with Gasteiger partial charge in [0.2, 0.25) is 5.91 Å². The molecule has 2 aromatic rings. The molecule has 21 heavy (non-hydrogen) atoms. The molecular formula is C13H12N2O4S2. The number of aromatic carboxylic acids is 1. The van der Waals surface area contributed by atoms with Crippen LogP contribution in [0.25, 0.3) is 0 Å². The number of carbonyl (C=O) groups excluding carboxylic acids is 2. The van der Waals surface area contributed by atoms with Gasteiger partial charge in [-0.15, -0.1) is 22.7 Å². The molecule has 0 saturated heterocycles. The van der Waals surface area contributed by atoms with E-state index in [2.05, 4.69) is 10.6 Å². The van der Waals surface area contributed by atoms with Gasteiger partial charge in [-0.25, -0.2) is 4.79 Å². The smallest absolute Gasteiger partial charge is 0.348 e. The second kappa shape index (κ2) is 6.06. The number of thiophene rings is 2. The molecule has 110 valence electrons. The molecule has 2 aromatic heterocycles. The molecule has 6 nitrogen and oxygen atoms in total. The Bertz CT molecular complexity index is 718. The maximum Gasteiger partial charge on any atom is 0.348 e. The zero-order valence-corrected chi connectivity index (χ0v) is 12.9. The van der Waals surface area contributed by atoms with E-state index in [-0.39, 0.29) is 10.8 Å². The quantitative estimate of drug-likeness (QED) is 0.805. The van der Waals surface area contributed by atoms with Gasteiger partial charge in [0.1, 0.15) is 4.88 Å². The Morgan fingerprint density at radius 3 is 2.52 bits per heavy atom. The van der Waals surface area contributed by atoms with Crippen LogP contribution in [-0.4, -0.2) is 22.9 Å². The summed E-state index contributed by atoms with van der Waals surface area (Å²) < 4.78 is 0. The molecule has 0 aliphatic heterocycles. The fraction of sp³-hybridized carbons (Fsp3) is 0.154. The first-order valence-corrected chi connectivity index (χ1v) is 7.58. The normalized spacial score (nSPS) is 10.2. The SMILES string of the molecule is CC(=O)Nc1ccc(C(=O)Nc2c(C)csc2C(=O)O)s1. The first-order valence-electron chi connectivity index (χ1n) is 5.88. The second-order valence-corrected chi connectivity index (χ2v) is 6.19. The molecule has 0 fully saturated rings. The molecule has 0 aliphatic rings. The highest BCUT2D eigenvalue weighted by atomic mass is 32.1. The predicted octanol–water partition coefficient (Wildman–Crippen LogP) is 3.03. The Morgan fingerprint density at radius 2 is 1.90 bits per heavy atom. The summed E-state index contributed by atoms with van der Waals surface area (Å²) in [6.07, 6.45) is 0. The largest absolute Gasteiger partial charge is 0.477 e. The third kappa shape index (κ3) is 3.47. The predicted molar refractivity (Wildman–Crippen MR) is 82.6 cm³/mol. The summed E-state index contributed by atoms with van der Waals surface area (Å²) in [7, 11) is 0. The molecule has 0 spiro atoms. The lowest BCUT2D eigenvalue weighted by molar-refractivity contribution is -0.114. The lowest BCUT2D eigenvalue weighted by atomic mass is 10.2. The zero-order valence-electron chi connectivity index (χ0n) is 11.2. The third-order valence-corrected chi connectivity index (χ3v) is 4.62. The van der Waals surface area contributed by atoms with Crippen LogP contribution < -0.4 is 10.6 Å². The lowest BCUT2D eigenvalue weighted by Gasteiger charge is -2.04. The van der Waals surface area contributed by atoms with Crippen LogP contribution >= 0.6 is 22.7 Å². The fourth-order valence-corrected chi connectivity index (χ4v) is 3.32. The van der Waals surface area contributed by atoms with Crippen LogP contribution in [0.1, 0.15) is 31.8 Å². The van der Waals surface area contributed by atoms with Crippen LogP contribution in [0.4, 0.5) is 10.7 Å². The van der Waals surface area contributed by atoms with Gasteiger partial charge in [0, 0.05) is 6.92 Å². The molecule has 0 radical (unpaired) electrons. The van der Waals surface area contributed by atoms with Crippen molar-refractivity contribution in [3.8, 4) is 0 Å². The lowest BCUT2D eigenvalue weighted by Crippen LogP contribution is -2.12. The average molecular weight is 324 g/mol. The standard InChI is InChI=1S/C13H12N2O4S2/c1-6-5-20-11(13(18)19)10(6)15-12(17)8-3-4-9(21-8)14-7(2)16/h3-5H,1-2H3,(H,14,16)(H,15,17)(H,18,19). The van der Waals surface area contributed by atoms with Gasteiger partial charge in [0.05, 0.1) is 15.6 Å². The third-order valence-electron chi connectivity index (χ3n) is 2.54. The van der Waals surface area contributed by atoms with E-state index < -0.39 is 11.9 Å². The van der Waals surface area contributed by atoms with Gasteiger partial charge < -0.3 is 15.7 Å². The second-order valence-electron chi connectivity index (χ2n) is 4.23. The number of anilines is 2. The summed E-state index contributed by atoms with van der Waals surface area (Å²) in [4.78, 5) is 34.7. The molecule has 0 aromatic carbocycles. The number of hydrogen-bond acceptors (Lipinski definition) is 5. The van der Waals surface area contributed by atoms with E-state index in [1.54, 1.807) is 24.4 Å². The van der Waals surface area contributed by atoms with Gasteiger partial charge in [-0.2, -0.15) is 0 Å². The van der Waals surface area contributed by atoms with E-state index in [1.165, 1.54) is 6.92 Å². The van der Waals surface area contributed by atoms with Gasteiger partial charge in [0.25, 0.3) is 5.91 Å². The first kappa shape index (κ1) is 15.2. The summed E-state index contributed by atoms with van der Waals surface area (Å²) >= 11 is 2.19. The number of nitrogens with one attached hydrogen (secondary N) is 2. The molecule has 3 N–H and O–H groups in total. The Hall–Kier alpha value is -2.19. The minimum Gasteiger partial charge on any atom is -0.477 e. The fourth-order valence-electron chi connectivity index (χ4n) is 1.63. The van der Waals surface area contributed by atoms with E-state index in [1.807, 2.05) is 0 Å². The van der Waals surface area contributed by atoms with E-state index in [9.17, 15) is 14.4 Å². The van der Waals surface area contributed by atoms with Crippen molar-refractivity contribution < 1.29 is 19.5 Å². The Kier molecular flexibility index (Phi) is 4.39. The van der Waals surface area contributed by atoms with Crippen LogP contribution in [0, 0.1) is 6.92 Å². The minimum atomic E-state index is -1.08. The summed E-state index contributed by atoms with van der Waals surface area (Å²) in [6.45, 7) is 3.11. The molecular weight excluding hydrogens is 312 g/mol. The van der Waals surface area contributed by atoms with Crippen molar-refractivity contribution in [3.05, 3.63) is 32.8 Å². The monoisotopic (exact) mass is 324 g/mol. The van der Waals surface area contributed by atoms with Gasteiger partial charge in [0.15, 0.2) is 0 Å². The molecule has 8 heteroatoms. The van der Waals surface area contributed by atoms with E-state index in [0.29, 0.717) is 21.1 Å². The zero-order chi connectivity index (χ0) is 15.6. The molecule has 0 saturated carbocycles. The average Bonchev–Trinajstić information content (AvgIpc) is 2.97. The van der Waals surface area contributed by atoms with Gasteiger partial charge in [-0.3, -0.25) is 9.59 Å². The molecule has 2 heterocycles. The molecule has 0 unspecified atom stereocenters. The number of rotatable bonds is 4. The maximum absolute atomic E-state index is 12.1. The number of aryl methyl sites for hydroxylation is 1. The van der Waals surface area contributed by atoms with Crippen molar-refractivity contribution in [2.75, 3.05) is 10.6 Å². The van der Waals surface area contributed by atoms with E-state index in [4.69, 9.17) is 5.11 Å². The Labute approximate surface area is 128 Å². The number of carboxylic acid groups (broad SMARTS) is 1. The molecule has 2 rings (SSSR count). The molecule has 0 aliphatic carbocycles. The van der Waals surface area contributed by atoms with E-state index >= 15 is 0 Å². The van der Waals surface area contributed by atoms with E-state index in [0.717, 1.165) is 22.7 Å². The maximum atomic E-state index is 12.1. The topological polar surface area (TPSA) is 95.5 Å². The van der Waals surface area contributed by atoms with Gasteiger partial charge in [-0.05, 0) is 30.0 Å². The Balaban J connectivity index is 2.18. The molecule has 0 bridgehead atoms. The van der Waals surface area contributed by atoms with Crippen molar-refractivity contribution in [2.45, 2.75) is 13.8 Å². The summed E-state index contributed by atoms with van der Waals surface area (Å²) in [5.74, 6) is -1.69. The number of hydrogen-bond donors (Lipinski definition) is 3. The molecule has 2 amide bonds. The minimum absolute atomic E-state index is 0.0968. The highest BCUT2D eigenvalue weighted by molar-refractivity contribution is 7.18. The summed E-state index contributed by atoms with van der Waals surface area (Å²) in [6, 6.07) is 3.20. The summed E-state index contributed by atoms with van der Waals surface area (Å²) in [5, 5.41) is 16.5. The first-order chi connectivity index (χ1) is 9.88. The van der Waals surface area contributed by atoms with Crippen LogP contribution in [0.5, 0.6) is 0 Å². The Morgan fingerprint density at radius 1 is 1.19 bits per heavy atom. The van der Waals surface area contributed by atoms with Gasteiger partial charge in [-0.1, -0.05) is 0 Å². The van der Waals surface area contributed by atoms with Crippen molar-refractivity contribution >= 4 is 51.1 Å². The highest BCUT2D eigenvalue weighted by Crippen LogP contribution is 2.29.